The largest absolute Gasteiger partial charge is 0.493 e. The quantitative estimate of drug-likeness (QED) is 0.407. The zero-order chi connectivity index (χ0) is 21.6. The highest BCUT2D eigenvalue weighted by Gasteiger charge is 2.19. The third-order valence-electron chi connectivity index (χ3n) is 4.55. The highest BCUT2D eigenvalue weighted by molar-refractivity contribution is 7.13. The number of anilines is 1. The van der Waals surface area contributed by atoms with Crippen LogP contribution in [0.1, 0.15) is 15.9 Å². The summed E-state index contributed by atoms with van der Waals surface area (Å²) < 4.78 is 16.9. The highest BCUT2D eigenvalue weighted by Crippen LogP contribution is 2.39. The van der Waals surface area contributed by atoms with E-state index >= 15 is 0 Å². The third kappa shape index (κ3) is 4.70. The Morgan fingerprint density at radius 1 is 1.03 bits per heavy atom. The lowest BCUT2D eigenvalue weighted by molar-refractivity contribution is 0.102. The van der Waals surface area contributed by atoms with Crippen LogP contribution in [0.4, 0.5) is 5.82 Å². The van der Waals surface area contributed by atoms with Crippen molar-refractivity contribution in [3.05, 3.63) is 77.2 Å². The number of nitrogens with one attached hydrogen (secondary N) is 2. The summed E-state index contributed by atoms with van der Waals surface area (Å²) in [5.74, 6) is 1.33. The maximum Gasteiger partial charge on any atom is 0.257 e. The Hall–Kier alpha value is -3.78. The van der Waals surface area contributed by atoms with Gasteiger partial charge in [0.2, 0.25) is 5.75 Å². The number of aromatic amines is 1. The number of rotatable bonds is 8. The van der Waals surface area contributed by atoms with Gasteiger partial charge >= 0.3 is 0 Å². The van der Waals surface area contributed by atoms with Crippen molar-refractivity contribution in [2.24, 2.45) is 0 Å². The van der Waals surface area contributed by atoms with E-state index in [1.165, 1.54) is 14.2 Å². The fraction of sp³-hybridized carbons (Fsp3) is 0.130. The first-order valence-corrected chi connectivity index (χ1v) is 10.4. The first kappa shape index (κ1) is 20.5. The van der Waals surface area contributed by atoms with Crippen LogP contribution in [-0.4, -0.2) is 30.3 Å². The predicted octanol–water partition coefficient (Wildman–Crippen LogP) is 4.99. The molecule has 31 heavy (non-hydrogen) atoms. The van der Waals surface area contributed by atoms with Crippen molar-refractivity contribution in [1.29, 1.82) is 0 Å². The molecule has 0 saturated carbocycles. The number of nitrogens with zero attached hydrogens (tertiary/aromatic N) is 1. The molecule has 0 spiro atoms. The lowest BCUT2D eigenvalue weighted by Gasteiger charge is -2.16. The van der Waals surface area contributed by atoms with Crippen LogP contribution in [0.2, 0.25) is 0 Å². The number of aromatic nitrogens is 2. The third-order valence-corrected chi connectivity index (χ3v) is 5.46. The fourth-order valence-corrected chi connectivity index (χ4v) is 3.71. The van der Waals surface area contributed by atoms with Gasteiger partial charge in [-0.05, 0) is 29.1 Å². The van der Waals surface area contributed by atoms with Crippen LogP contribution in [0.25, 0.3) is 10.6 Å². The number of carbonyl (C=O) groups excluding carboxylic acids is 1. The Labute approximate surface area is 183 Å². The Balaban J connectivity index is 1.53. The summed E-state index contributed by atoms with van der Waals surface area (Å²) in [6.07, 6.45) is 0. The molecule has 0 unspecified atom stereocenters. The van der Waals surface area contributed by atoms with E-state index in [2.05, 4.69) is 15.5 Å². The Morgan fingerprint density at radius 2 is 1.77 bits per heavy atom. The van der Waals surface area contributed by atoms with Gasteiger partial charge in [0.1, 0.15) is 6.61 Å². The molecule has 4 rings (SSSR count). The van der Waals surface area contributed by atoms with Crippen molar-refractivity contribution >= 4 is 23.1 Å². The molecule has 8 heteroatoms. The summed E-state index contributed by atoms with van der Waals surface area (Å²) in [6.45, 7) is 0.345. The van der Waals surface area contributed by atoms with Gasteiger partial charge in [0, 0.05) is 11.6 Å². The monoisotopic (exact) mass is 435 g/mol. The van der Waals surface area contributed by atoms with Crippen LogP contribution >= 0.6 is 11.3 Å². The predicted molar refractivity (Wildman–Crippen MR) is 120 cm³/mol. The van der Waals surface area contributed by atoms with Gasteiger partial charge in [-0.1, -0.05) is 36.4 Å². The maximum atomic E-state index is 12.8. The van der Waals surface area contributed by atoms with Crippen molar-refractivity contribution in [1.82, 2.24) is 10.2 Å². The summed E-state index contributed by atoms with van der Waals surface area (Å²) in [4.78, 5) is 13.9. The second-order valence-electron chi connectivity index (χ2n) is 6.58. The summed E-state index contributed by atoms with van der Waals surface area (Å²) in [6, 6.07) is 18.7. The topological polar surface area (TPSA) is 85.5 Å². The van der Waals surface area contributed by atoms with E-state index in [9.17, 15) is 4.79 Å². The lowest BCUT2D eigenvalue weighted by Crippen LogP contribution is -2.13. The van der Waals surface area contributed by atoms with Crippen LogP contribution in [-0.2, 0) is 6.61 Å². The van der Waals surface area contributed by atoms with Crippen molar-refractivity contribution in [3.63, 3.8) is 0 Å². The molecular formula is C23H21N3O4S. The van der Waals surface area contributed by atoms with Gasteiger partial charge in [0.05, 0.1) is 24.8 Å². The molecule has 0 aliphatic heterocycles. The molecule has 7 nitrogen and oxygen atoms in total. The number of carbonyl (C=O) groups is 1. The molecule has 0 bridgehead atoms. The highest BCUT2D eigenvalue weighted by atomic mass is 32.1. The average molecular weight is 436 g/mol. The van der Waals surface area contributed by atoms with E-state index < -0.39 is 0 Å². The van der Waals surface area contributed by atoms with Crippen molar-refractivity contribution < 1.29 is 19.0 Å². The van der Waals surface area contributed by atoms with Gasteiger partial charge in [-0.3, -0.25) is 9.89 Å². The van der Waals surface area contributed by atoms with E-state index in [1.807, 2.05) is 47.8 Å². The summed E-state index contributed by atoms with van der Waals surface area (Å²) in [7, 11) is 3.04. The Morgan fingerprint density at radius 3 is 2.42 bits per heavy atom. The molecule has 4 aromatic rings. The lowest BCUT2D eigenvalue weighted by atomic mass is 10.1. The first-order valence-electron chi connectivity index (χ1n) is 9.51. The van der Waals surface area contributed by atoms with Gasteiger partial charge in [-0.25, -0.2) is 0 Å². The zero-order valence-corrected chi connectivity index (χ0v) is 17.9. The van der Waals surface area contributed by atoms with E-state index in [1.54, 1.807) is 29.5 Å². The number of amides is 1. The number of hydrogen-bond acceptors (Lipinski definition) is 6. The summed E-state index contributed by atoms with van der Waals surface area (Å²) in [5.41, 5.74) is 2.21. The molecule has 0 radical (unpaired) electrons. The molecule has 2 N–H and O–H groups in total. The van der Waals surface area contributed by atoms with Gasteiger partial charge in [0.25, 0.3) is 5.91 Å². The standard InChI is InChI=1S/C23H21N3O4S/c1-28-18-11-16(12-19(29-2)22(18)30-14-15-7-4-3-5-8-15)23(27)24-21-13-17(25-26-21)20-9-6-10-31-20/h3-13H,14H2,1-2H3,(H2,24,25,26,27). The van der Waals surface area contributed by atoms with Crippen molar-refractivity contribution in [2.75, 3.05) is 19.5 Å². The van der Waals surface area contributed by atoms with E-state index in [4.69, 9.17) is 14.2 Å². The fourth-order valence-electron chi connectivity index (χ4n) is 3.02. The minimum absolute atomic E-state index is 0.338. The number of thiophene rings is 1. The second-order valence-corrected chi connectivity index (χ2v) is 7.53. The number of hydrogen-bond donors (Lipinski definition) is 2. The molecule has 1 amide bonds. The molecule has 2 aromatic carbocycles. The number of benzene rings is 2. The SMILES string of the molecule is COc1cc(C(=O)Nc2cc(-c3cccs3)[nH]n2)cc(OC)c1OCc1ccccc1. The second kappa shape index (κ2) is 9.36. The molecule has 0 atom stereocenters. The van der Waals surface area contributed by atoms with Crippen molar-refractivity contribution in [2.45, 2.75) is 6.61 Å². The van der Waals surface area contributed by atoms with Gasteiger partial charge < -0.3 is 19.5 Å². The normalized spacial score (nSPS) is 10.5. The molecular weight excluding hydrogens is 414 g/mol. The minimum Gasteiger partial charge on any atom is -0.493 e. The molecule has 2 heterocycles. The maximum absolute atomic E-state index is 12.8. The number of methoxy groups -OCH3 is 2. The average Bonchev–Trinajstić information content (AvgIpc) is 3.50. The van der Waals surface area contributed by atoms with Crippen LogP contribution in [0.15, 0.2) is 66.0 Å². The van der Waals surface area contributed by atoms with E-state index in [0.29, 0.717) is 35.2 Å². The first-order chi connectivity index (χ1) is 15.2. The molecule has 0 aliphatic rings. The Kier molecular flexibility index (Phi) is 6.18. The summed E-state index contributed by atoms with van der Waals surface area (Å²) in [5, 5.41) is 11.9. The minimum atomic E-state index is -0.338. The van der Waals surface area contributed by atoms with Crippen LogP contribution < -0.4 is 19.5 Å². The molecule has 0 saturated heterocycles. The van der Waals surface area contributed by atoms with Crippen molar-refractivity contribution in [3.8, 4) is 27.8 Å². The molecule has 0 aliphatic carbocycles. The van der Waals surface area contributed by atoms with E-state index in [0.717, 1.165) is 16.1 Å². The van der Waals surface area contributed by atoms with Crippen LogP contribution in [0.5, 0.6) is 17.2 Å². The van der Waals surface area contributed by atoms with Crippen LogP contribution in [0.3, 0.4) is 0 Å². The number of ether oxygens (including phenoxy) is 3. The van der Waals surface area contributed by atoms with Gasteiger partial charge in [-0.15, -0.1) is 11.3 Å². The smallest absolute Gasteiger partial charge is 0.257 e. The Bertz CT molecular complexity index is 1130. The van der Waals surface area contributed by atoms with Crippen LogP contribution in [0, 0.1) is 0 Å². The number of H-pyrrole nitrogens is 1. The molecule has 0 fully saturated rings. The zero-order valence-electron chi connectivity index (χ0n) is 17.0. The van der Waals surface area contributed by atoms with Gasteiger partial charge in [0.15, 0.2) is 17.3 Å². The molecule has 158 valence electrons. The van der Waals surface area contributed by atoms with E-state index in [-0.39, 0.29) is 5.91 Å². The van der Waals surface area contributed by atoms with Gasteiger partial charge in [-0.2, -0.15) is 5.10 Å². The molecule has 2 aromatic heterocycles. The summed E-state index contributed by atoms with van der Waals surface area (Å²) >= 11 is 1.59.